The van der Waals surface area contributed by atoms with Gasteiger partial charge in [-0.25, -0.2) is 9.97 Å². The zero-order chi connectivity index (χ0) is 24.7. The van der Waals surface area contributed by atoms with Gasteiger partial charge >= 0.3 is 0 Å². The van der Waals surface area contributed by atoms with Crippen LogP contribution >= 0.6 is 23.2 Å². The van der Waals surface area contributed by atoms with Crippen molar-refractivity contribution in [1.82, 2.24) is 19.5 Å². The number of nitrogens with zero attached hydrogens (tertiary/aromatic N) is 4. The number of aryl methyl sites for hydroxylation is 1. The summed E-state index contributed by atoms with van der Waals surface area (Å²) in [6, 6.07) is 18.2. The zero-order valence-electron chi connectivity index (χ0n) is 18.7. The van der Waals surface area contributed by atoms with Crippen molar-refractivity contribution in [1.29, 1.82) is 5.26 Å². The van der Waals surface area contributed by atoms with E-state index < -0.39 is 0 Å². The molecule has 0 aliphatic carbocycles. The van der Waals surface area contributed by atoms with Crippen molar-refractivity contribution in [2.45, 2.75) is 6.92 Å². The highest BCUT2D eigenvalue weighted by molar-refractivity contribution is 6.39. The van der Waals surface area contributed by atoms with E-state index in [9.17, 15) is 10.1 Å². The number of nitrogens with one attached hydrogen (secondary N) is 2. The van der Waals surface area contributed by atoms with E-state index in [0.717, 1.165) is 11.1 Å². The summed E-state index contributed by atoms with van der Waals surface area (Å²) < 4.78 is 1.78. The number of benzene rings is 3. The Labute approximate surface area is 210 Å². The number of rotatable bonds is 4. The highest BCUT2D eigenvalue weighted by Crippen LogP contribution is 2.34. The molecule has 7 nitrogen and oxygen atoms in total. The molecule has 0 saturated carbocycles. The van der Waals surface area contributed by atoms with Gasteiger partial charge in [-0.2, -0.15) is 5.26 Å². The van der Waals surface area contributed by atoms with Crippen LogP contribution in [0.2, 0.25) is 10.0 Å². The van der Waals surface area contributed by atoms with Crippen LogP contribution < -0.4 is 10.9 Å². The van der Waals surface area contributed by atoms with Crippen LogP contribution in [0.5, 0.6) is 0 Å². The third-order valence-electron chi connectivity index (χ3n) is 5.73. The number of nitriles is 1. The fourth-order valence-corrected chi connectivity index (χ4v) is 4.48. The van der Waals surface area contributed by atoms with Gasteiger partial charge in [-0.1, -0.05) is 47.5 Å². The molecule has 0 fully saturated rings. The normalized spacial score (nSPS) is 11.7. The van der Waals surface area contributed by atoms with E-state index in [4.69, 9.17) is 23.2 Å². The van der Waals surface area contributed by atoms with E-state index in [1.807, 2.05) is 37.3 Å². The van der Waals surface area contributed by atoms with Crippen molar-refractivity contribution in [2.75, 3.05) is 5.32 Å². The Morgan fingerprint density at radius 2 is 1.77 bits per heavy atom. The predicted molar refractivity (Wildman–Crippen MR) is 141 cm³/mol. The van der Waals surface area contributed by atoms with Crippen LogP contribution in [0.15, 0.2) is 59.4 Å². The molecule has 0 saturated heterocycles. The molecule has 2 aromatic heterocycles. The van der Waals surface area contributed by atoms with E-state index in [0.29, 0.717) is 55.0 Å². The standard InChI is InChI=1S/C26H18Cl2N6O/c1-14(12-15-6-3-4-7-16(15)13-29)24-30-19-10-11-20-23(21(19)25(35)33-24)34(2)26(31-20)32-22-17(27)8-5-9-18(22)28/h3-12H,1-2H3,(H,31,32)(H,30,33,35)/b14-12+. The number of allylic oxidation sites excluding steroid dienone is 1. The number of aromatic amines is 1. The summed E-state index contributed by atoms with van der Waals surface area (Å²) in [7, 11) is 1.80. The maximum atomic E-state index is 13.2. The fraction of sp³-hybridized carbons (Fsp3) is 0.0769. The summed E-state index contributed by atoms with van der Waals surface area (Å²) >= 11 is 12.6. The lowest BCUT2D eigenvalue weighted by Crippen LogP contribution is -2.12. The van der Waals surface area contributed by atoms with E-state index in [1.165, 1.54) is 0 Å². The Kier molecular flexibility index (Phi) is 5.77. The van der Waals surface area contributed by atoms with Gasteiger partial charge in [0.05, 0.1) is 49.3 Å². The Morgan fingerprint density at radius 3 is 2.51 bits per heavy atom. The summed E-state index contributed by atoms with van der Waals surface area (Å²) in [5.74, 6) is 0.910. The van der Waals surface area contributed by atoms with Gasteiger partial charge in [0, 0.05) is 7.05 Å². The molecule has 5 rings (SSSR count). The lowest BCUT2D eigenvalue weighted by molar-refractivity contribution is 0.960. The minimum Gasteiger partial charge on any atom is -0.323 e. The second-order valence-corrected chi connectivity index (χ2v) is 8.80. The van der Waals surface area contributed by atoms with Crippen LogP contribution in [0.3, 0.4) is 0 Å². The number of aromatic nitrogens is 4. The number of fused-ring (bicyclic) bond motifs is 3. The van der Waals surface area contributed by atoms with Gasteiger partial charge in [-0.05, 0) is 54.5 Å². The minimum atomic E-state index is -0.290. The van der Waals surface area contributed by atoms with Gasteiger partial charge in [-0.3, -0.25) is 4.79 Å². The molecule has 0 radical (unpaired) electrons. The molecule has 9 heteroatoms. The molecule has 3 aromatic carbocycles. The smallest absolute Gasteiger partial charge is 0.261 e. The van der Waals surface area contributed by atoms with Gasteiger partial charge < -0.3 is 14.9 Å². The maximum Gasteiger partial charge on any atom is 0.261 e. The molecule has 35 heavy (non-hydrogen) atoms. The van der Waals surface area contributed by atoms with Crippen molar-refractivity contribution in [2.24, 2.45) is 7.05 Å². The lowest BCUT2D eigenvalue weighted by Gasteiger charge is -2.10. The number of imidazole rings is 1. The average molecular weight is 501 g/mol. The molecule has 2 heterocycles. The van der Waals surface area contributed by atoms with E-state index in [2.05, 4.69) is 26.3 Å². The van der Waals surface area contributed by atoms with Crippen LogP contribution in [0.1, 0.15) is 23.9 Å². The molecule has 0 bridgehead atoms. The first kappa shape index (κ1) is 22.7. The van der Waals surface area contributed by atoms with Crippen molar-refractivity contribution in [3.63, 3.8) is 0 Å². The molecule has 0 aliphatic rings. The topological polar surface area (TPSA) is 99.4 Å². The predicted octanol–water partition coefficient (Wildman–Crippen LogP) is 6.29. The largest absolute Gasteiger partial charge is 0.323 e. The zero-order valence-corrected chi connectivity index (χ0v) is 20.2. The van der Waals surface area contributed by atoms with Crippen molar-refractivity contribution in [3.8, 4) is 6.07 Å². The van der Waals surface area contributed by atoms with Gasteiger partial charge in [0.1, 0.15) is 5.82 Å². The number of H-pyrrole nitrogens is 1. The second kappa shape index (κ2) is 8.91. The van der Waals surface area contributed by atoms with Gasteiger partial charge in [0.15, 0.2) is 0 Å². The number of halogens is 2. The van der Waals surface area contributed by atoms with E-state index >= 15 is 0 Å². The molecule has 0 unspecified atom stereocenters. The molecule has 5 aromatic rings. The van der Waals surface area contributed by atoms with Gasteiger partial charge in [0.2, 0.25) is 5.95 Å². The third-order valence-corrected chi connectivity index (χ3v) is 6.36. The van der Waals surface area contributed by atoms with Crippen molar-refractivity contribution < 1.29 is 0 Å². The number of anilines is 2. The van der Waals surface area contributed by atoms with Crippen LogP contribution in [0, 0.1) is 11.3 Å². The first-order chi connectivity index (χ1) is 16.9. The van der Waals surface area contributed by atoms with Gasteiger partial charge in [-0.15, -0.1) is 0 Å². The van der Waals surface area contributed by atoms with Crippen LogP contribution in [0.25, 0.3) is 33.6 Å². The monoisotopic (exact) mass is 500 g/mol. The molecule has 0 spiro atoms. The van der Waals surface area contributed by atoms with Crippen LogP contribution in [-0.2, 0) is 7.05 Å². The highest BCUT2D eigenvalue weighted by atomic mass is 35.5. The number of hydrogen-bond acceptors (Lipinski definition) is 5. The Morgan fingerprint density at radius 1 is 1.06 bits per heavy atom. The molecule has 0 atom stereocenters. The van der Waals surface area contributed by atoms with Crippen LogP contribution in [-0.4, -0.2) is 19.5 Å². The fourth-order valence-electron chi connectivity index (χ4n) is 3.98. The van der Waals surface area contributed by atoms with Crippen molar-refractivity contribution in [3.05, 3.63) is 91.9 Å². The summed E-state index contributed by atoms with van der Waals surface area (Å²) in [6.07, 6.45) is 1.83. The SMILES string of the molecule is C/C(=C\c1ccccc1C#N)c1nc2ccc3nc(Nc4c(Cl)cccc4Cl)n(C)c3c2c(=O)[nH]1. The first-order valence-electron chi connectivity index (χ1n) is 10.7. The summed E-state index contributed by atoms with van der Waals surface area (Å²) in [4.78, 5) is 25.4. The summed E-state index contributed by atoms with van der Waals surface area (Å²) in [5.41, 5.74) is 4.06. The van der Waals surface area contributed by atoms with E-state index in [1.54, 1.807) is 41.9 Å². The molecule has 0 aliphatic heterocycles. The Bertz CT molecular complexity index is 1740. The quantitative estimate of drug-likeness (QED) is 0.302. The minimum absolute atomic E-state index is 0.290. The van der Waals surface area contributed by atoms with E-state index in [-0.39, 0.29) is 5.56 Å². The highest BCUT2D eigenvalue weighted by Gasteiger charge is 2.17. The molecular weight excluding hydrogens is 483 g/mol. The molecular formula is C26H18Cl2N6O. The summed E-state index contributed by atoms with van der Waals surface area (Å²) in [6.45, 7) is 1.84. The Hall–Kier alpha value is -4.12. The number of hydrogen-bond donors (Lipinski definition) is 2. The third kappa shape index (κ3) is 4.03. The Balaban J connectivity index is 1.63. The molecule has 0 amide bonds. The average Bonchev–Trinajstić information content (AvgIpc) is 3.16. The van der Waals surface area contributed by atoms with Crippen molar-refractivity contribution >= 4 is 68.4 Å². The molecule has 2 N–H and O–H groups in total. The van der Waals surface area contributed by atoms with Crippen LogP contribution in [0.4, 0.5) is 11.6 Å². The number of para-hydroxylation sites is 1. The molecule has 172 valence electrons. The van der Waals surface area contributed by atoms with Gasteiger partial charge in [0.25, 0.3) is 5.56 Å². The lowest BCUT2D eigenvalue weighted by atomic mass is 10.1. The maximum absolute atomic E-state index is 13.2. The second-order valence-electron chi connectivity index (χ2n) is 7.98. The first-order valence-corrected chi connectivity index (χ1v) is 11.4. The summed E-state index contributed by atoms with van der Waals surface area (Å²) in [5, 5.41) is 13.9.